The van der Waals surface area contributed by atoms with Gasteiger partial charge in [0.1, 0.15) is 0 Å². The van der Waals surface area contributed by atoms with Crippen molar-refractivity contribution in [2.24, 2.45) is 0 Å². The summed E-state index contributed by atoms with van der Waals surface area (Å²) in [5.74, 6) is 0. The second-order valence-corrected chi connectivity index (χ2v) is 6.51. The van der Waals surface area contributed by atoms with Crippen molar-refractivity contribution in [1.82, 2.24) is 0 Å². The fourth-order valence-corrected chi connectivity index (χ4v) is 3.13. The van der Waals surface area contributed by atoms with E-state index in [4.69, 9.17) is 0 Å². The Hall–Kier alpha value is -1.02. The lowest BCUT2D eigenvalue weighted by molar-refractivity contribution is -0.137. The number of alkyl halides is 6. The van der Waals surface area contributed by atoms with E-state index in [9.17, 15) is 26.3 Å². The van der Waals surface area contributed by atoms with Crippen LogP contribution in [0.1, 0.15) is 11.1 Å². The second-order valence-electron chi connectivity index (χ2n) is 4.80. The highest BCUT2D eigenvalue weighted by molar-refractivity contribution is 9.11. The molecule has 2 aromatic carbocycles. The van der Waals surface area contributed by atoms with Crippen LogP contribution in [0.2, 0.25) is 0 Å². The van der Waals surface area contributed by atoms with E-state index in [1.54, 1.807) is 0 Å². The minimum Gasteiger partial charge on any atom is -0.171 e. The third-order valence-electron chi connectivity index (χ3n) is 3.02. The normalized spacial score (nSPS) is 12.5. The maximum absolute atomic E-state index is 12.8. The van der Waals surface area contributed by atoms with Crippen LogP contribution in [0.15, 0.2) is 45.3 Å². The first-order valence-corrected chi connectivity index (χ1v) is 7.78. The number of rotatable bonds is 2. The number of hydrogen-bond donors (Lipinski definition) is 0. The van der Waals surface area contributed by atoms with E-state index in [0.717, 1.165) is 12.1 Å². The molecule has 0 nitrogen and oxygen atoms in total. The Balaban J connectivity index is 2.47. The summed E-state index contributed by atoms with van der Waals surface area (Å²) in [5.41, 5.74) is -0.197. The van der Waals surface area contributed by atoms with Crippen molar-refractivity contribution in [3.8, 4) is 11.1 Å². The van der Waals surface area contributed by atoms with E-state index in [1.165, 1.54) is 24.3 Å². The molecule has 0 saturated heterocycles. The molecule has 0 spiro atoms. The summed E-state index contributed by atoms with van der Waals surface area (Å²) in [7, 11) is 0. The molecule has 0 aromatic heterocycles. The van der Waals surface area contributed by atoms with E-state index < -0.39 is 24.3 Å². The van der Waals surface area contributed by atoms with Crippen molar-refractivity contribution in [3.63, 3.8) is 0 Å². The predicted molar refractivity (Wildman–Crippen MR) is 82.0 cm³/mol. The molecule has 23 heavy (non-hydrogen) atoms. The van der Waals surface area contributed by atoms with Gasteiger partial charge in [0.25, 0.3) is 0 Å². The number of hydrogen-bond acceptors (Lipinski definition) is 0. The van der Waals surface area contributed by atoms with Crippen LogP contribution in [-0.4, -0.2) is 6.18 Å². The van der Waals surface area contributed by atoms with Crippen molar-refractivity contribution >= 4 is 31.9 Å². The van der Waals surface area contributed by atoms with Gasteiger partial charge in [-0.2, -0.15) is 26.3 Å². The van der Waals surface area contributed by atoms with E-state index in [2.05, 4.69) is 31.9 Å². The van der Waals surface area contributed by atoms with Crippen LogP contribution in [0.25, 0.3) is 11.1 Å². The molecule has 124 valence electrons. The molecule has 0 atom stereocenters. The molecular weight excluding hydrogens is 454 g/mol. The van der Waals surface area contributed by atoms with Crippen LogP contribution < -0.4 is 0 Å². The van der Waals surface area contributed by atoms with Crippen molar-refractivity contribution in [2.45, 2.75) is 18.8 Å². The fourth-order valence-electron chi connectivity index (χ4n) is 2.03. The minimum absolute atomic E-state index is 0.0243. The summed E-state index contributed by atoms with van der Waals surface area (Å²) in [6.07, 6.45) is -9.95. The fraction of sp³-hybridized carbons (Fsp3) is 0.200. The average molecular weight is 462 g/mol. The molecule has 0 unspecified atom stereocenters. The van der Waals surface area contributed by atoms with Crippen molar-refractivity contribution < 1.29 is 26.3 Å². The lowest BCUT2D eigenvalue weighted by Crippen LogP contribution is -2.11. The molecule has 0 saturated carbocycles. The quantitative estimate of drug-likeness (QED) is 0.422. The van der Waals surface area contributed by atoms with Gasteiger partial charge < -0.3 is 0 Å². The van der Waals surface area contributed by atoms with Crippen molar-refractivity contribution in [2.75, 3.05) is 0 Å². The summed E-state index contributed by atoms with van der Waals surface area (Å²) >= 11 is 6.30. The van der Waals surface area contributed by atoms with Gasteiger partial charge in [-0.3, -0.25) is 0 Å². The zero-order valence-corrected chi connectivity index (χ0v) is 14.4. The third-order valence-corrected chi connectivity index (χ3v) is 4.37. The van der Waals surface area contributed by atoms with E-state index in [-0.39, 0.29) is 11.1 Å². The molecule has 0 bridgehead atoms. The first kappa shape index (κ1) is 18.3. The van der Waals surface area contributed by atoms with Gasteiger partial charge >= 0.3 is 12.4 Å². The molecule has 8 heteroatoms. The summed E-state index contributed by atoms with van der Waals surface area (Å²) in [6, 6.07) is 7.02. The Morgan fingerprint density at radius 1 is 0.739 bits per heavy atom. The van der Waals surface area contributed by atoms with Crippen molar-refractivity contribution in [3.05, 3.63) is 56.5 Å². The van der Waals surface area contributed by atoms with Crippen LogP contribution in [0.5, 0.6) is 0 Å². The van der Waals surface area contributed by atoms with E-state index in [0.29, 0.717) is 14.5 Å². The molecule has 2 rings (SSSR count). The molecule has 0 aliphatic carbocycles. The highest BCUT2D eigenvalue weighted by Crippen LogP contribution is 2.39. The standard InChI is InChI=1S/C15H8Br2F6/c16-12-4-2-9(15(21,22)23)6-11(12)10-3-1-8(5-13(10)17)7-14(18,19)20/h1-6H,7H2. The predicted octanol–water partition coefficient (Wildman–Crippen LogP) is 7.00. The maximum Gasteiger partial charge on any atom is 0.416 e. The molecule has 0 heterocycles. The van der Waals surface area contributed by atoms with Crippen LogP contribution in [-0.2, 0) is 12.6 Å². The Kier molecular flexibility index (Phi) is 5.15. The summed E-state index contributed by atoms with van der Waals surface area (Å²) in [6.45, 7) is 0. The first-order chi connectivity index (χ1) is 10.5. The summed E-state index contributed by atoms with van der Waals surface area (Å²) in [4.78, 5) is 0. The molecule has 0 aliphatic heterocycles. The number of benzene rings is 2. The topological polar surface area (TPSA) is 0 Å². The summed E-state index contributed by atoms with van der Waals surface area (Å²) in [5, 5.41) is 0. The lowest BCUT2D eigenvalue weighted by atomic mass is 10.0. The van der Waals surface area contributed by atoms with Gasteiger partial charge in [-0.25, -0.2) is 0 Å². The largest absolute Gasteiger partial charge is 0.416 e. The monoisotopic (exact) mass is 460 g/mol. The van der Waals surface area contributed by atoms with E-state index in [1.807, 2.05) is 0 Å². The minimum atomic E-state index is -4.50. The molecule has 0 N–H and O–H groups in total. The van der Waals surface area contributed by atoms with Gasteiger partial charge in [-0.15, -0.1) is 0 Å². The van der Waals surface area contributed by atoms with Crippen molar-refractivity contribution in [1.29, 1.82) is 0 Å². The SMILES string of the molecule is FC(F)(F)Cc1ccc(-c2cc(C(F)(F)F)ccc2Br)c(Br)c1. The number of halogens is 8. The highest BCUT2D eigenvalue weighted by atomic mass is 79.9. The van der Waals surface area contributed by atoms with Gasteiger partial charge in [0, 0.05) is 8.95 Å². The van der Waals surface area contributed by atoms with Crippen LogP contribution in [0.4, 0.5) is 26.3 Å². The maximum atomic E-state index is 12.8. The van der Waals surface area contributed by atoms with Crippen LogP contribution in [0, 0.1) is 0 Å². The molecule has 0 amide bonds. The molecule has 0 radical (unpaired) electrons. The van der Waals surface area contributed by atoms with Gasteiger partial charge in [0.15, 0.2) is 0 Å². The first-order valence-electron chi connectivity index (χ1n) is 6.20. The van der Waals surface area contributed by atoms with E-state index >= 15 is 0 Å². The Bertz CT molecular complexity index is 719. The molecular formula is C15H8Br2F6. The molecule has 2 aromatic rings. The smallest absolute Gasteiger partial charge is 0.171 e. The zero-order chi connectivity index (χ0) is 17.4. The van der Waals surface area contributed by atoms with Crippen LogP contribution in [0.3, 0.4) is 0 Å². The Morgan fingerprint density at radius 2 is 1.39 bits per heavy atom. The zero-order valence-electron chi connectivity index (χ0n) is 11.2. The van der Waals surface area contributed by atoms with Crippen LogP contribution >= 0.6 is 31.9 Å². The molecule has 0 aliphatic rings. The van der Waals surface area contributed by atoms with Gasteiger partial charge in [0.2, 0.25) is 0 Å². The average Bonchev–Trinajstić information content (AvgIpc) is 2.37. The Morgan fingerprint density at radius 3 is 1.91 bits per heavy atom. The third kappa shape index (κ3) is 4.73. The van der Waals surface area contributed by atoms with Gasteiger partial charge in [-0.05, 0) is 41.0 Å². The molecule has 0 fully saturated rings. The van der Waals surface area contributed by atoms with Gasteiger partial charge in [-0.1, -0.05) is 44.0 Å². The second kappa shape index (κ2) is 6.47. The lowest BCUT2D eigenvalue weighted by Gasteiger charge is -2.13. The Labute approximate surface area is 144 Å². The highest BCUT2D eigenvalue weighted by Gasteiger charge is 2.31. The van der Waals surface area contributed by atoms with Gasteiger partial charge in [0.05, 0.1) is 12.0 Å². The summed E-state index contributed by atoms with van der Waals surface area (Å²) < 4.78 is 76.3.